The number of hydrogen-bond donors (Lipinski definition) is 1. The first-order chi connectivity index (χ1) is 5.85. The predicted octanol–water partition coefficient (Wildman–Crippen LogP) is 2.05. The van der Waals surface area contributed by atoms with Crippen molar-refractivity contribution in [3.8, 4) is 0 Å². The third-order valence-corrected chi connectivity index (χ3v) is 3.54. The zero-order chi connectivity index (χ0) is 8.44. The Morgan fingerprint density at radius 3 is 2.29 bits per heavy atom. The Balaban J connectivity index is 0.000000845. The lowest BCUT2D eigenvalue weighted by atomic mass is 9.98. The molecule has 86 valence electrons. The highest BCUT2D eigenvalue weighted by molar-refractivity contribution is 5.85. The summed E-state index contributed by atoms with van der Waals surface area (Å²) in [6.07, 6.45) is 7.33. The molecule has 4 heteroatoms. The van der Waals surface area contributed by atoms with Gasteiger partial charge in [0.25, 0.3) is 0 Å². The average molecular weight is 241 g/mol. The summed E-state index contributed by atoms with van der Waals surface area (Å²) in [5, 5.41) is 0. The summed E-state index contributed by atoms with van der Waals surface area (Å²) in [4.78, 5) is 2.53. The number of halogens is 2. The van der Waals surface area contributed by atoms with Crippen LogP contribution in [-0.2, 0) is 0 Å². The lowest BCUT2D eigenvalue weighted by molar-refractivity contribution is 0.286. The van der Waals surface area contributed by atoms with E-state index in [0.717, 1.165) is 18.5 Å². The van der Waals surface area contributed by atoms with Crippen LogP contribution >= 0.6 is 24.8 Å². The van der Waals surface area contributed by atoms with Crippen molar-refractivity contribution in [1.29, 1.82) is 0 Å². The third-order valence-electron chi connectivity index (χ3n) is 3.54. The number of nitrogens with two attached hydrogens (primary N) is 1. The molecule has 0 unspecified atom stereocenters. The predicted molar refractivity (Wildman–Crippen MR) is 65.5 cm³/mol. The van der Waals surface area contributed by atoms with Gasteiger partial charge in [0.2, 0.25) is 0 Å². The van der Waals surface area contributed by atoms with Gasteiger partial charge in [-0.15, -0.1) is 24.8 Å². The molecule has 0 aromatic rings. The molecule has 1 aliphatic carbocycles. The summed E-state index contributed by atoms with van der Waals surface area (Å²) in [6.45, 7) is 4.53. The highest BCUT2D eigenvalue weighted by Crippen LogP contribution is 2.53. The summed E-state index contributed by atoms with van der Waals surface area (Å²) in [5.74, 6) is 0. The minimum absolute atomic E-state index is 0. The summed E-state index contributed by atoms with van der Waals surface area (Å²) in [5.41, 5.74) is 6.36. The average Bonchev–Trinajstić information content (AvgIpc) is 2.84. The number of rotatable bonds is 2. The minimum atomic E-state index is 0. The van der Waals surface area contributed by atoms with E-state index in [4.69, 9.17) is 5.73 Å². The maximum absolute atomic E-state index is 5.55. The van der Waals surface area contributed by atoms with E-state index in [0.29, 0.717) is 0 Å². The normalized spacial score (nSPS) is 24.6. The first-order valence-corrected chi connectivity index (χ1v) is 5.27. The lowest BCUT2D eigenvalue weighted by Gasteiger charge is -2.18. The number of hydrogen-bond acceptors (Lipinski definition) is 2. The van der Waals surface area contributed by atoms with Gasteiger partial charge in [-0.2, -0.15) is 0 Å². The lowest BCUT2D eigenvalue weighted by Crippen LogP contribution is -2.30. The molecule has 2 nitrogen and oxygen atoms in total. The van der Waals surface area contributed by atoms with Crippen LogP contribution in [0, 0.1) is 5.41 Å². The zero-order valence-corrected chi connectivity index (χ0v) is 10.3. The van der Waals surface area contributed by atoms with Gasteiger partial charge in [-0.1, -0.05) is 0 Å². The van der Waals surface area contributed by atoms with Crippen molar-refractivity contribution in [3.63, 3.8) is 0 Å². The van der Waals surface area contributed by atoms with Crippen LogP contribution in [0.15, 0.2) is 0 Å². The van der Waals surface area contributed by atoms with Gasteiger partial charge < -0.3 is 10.6 Å². The van der Waals surface area contributed by atoms with Gasteiger partial charge in [-0.25, -0.2) is 0 Å². The van der Waals surface area contributed by atoms with Crippen molar-refractivity contribution in [2.45, 2.75) is 32.1 Å². The van der Waals surface area contributed by atoms with Gasteiger partial charge in [0.15, 0.2) is 0 Å². The third kappa shape index (κ3) is 3.58. The second-order valence-corrected chi connectivity index (χ2v) is 4.48. The molecule has 1 spiro atoms. The maximum atomic E-state index is 5.55. The molecule has 1 saturated heterocycles. The largest absolute Gasteiger partial charge is 0.329 e. The van der Waals surface area contributed by atoms with E-state index in [1.165, 1.54) is 45.2 Å². The molecule has 1 aliphatic heterocycles. The van der Waals surface area contributed by atoms with Gasteiger partial charge >= 0.3 is 0 Å². The molecule has 2 fully saturated rings. The summed E-state index contributed by atoms with van der Waals surface area (Å²) in [7, 11) is 0. The molecule has 2 rings (SSSR count). The quantitative estimate of drug-likeness (QED) is 0.801. The molecule has 0 aromatic carbocycles. The molecule has 0 radical (unpaired) electrons. The molecule has 0 aromatic heterocycles. The molecule has 1 heterocycles. The zero-order valence-electron chi connectivity index (χ0n) is 8.71. The van der Waals surface area contributed by atoms with E-state index < -0.39 is 0 Å². The fraction of sp³-hybridized carbons (Fsp3) is 1.00. The van der Waals surface area contributed by atoms with E-state index in [1.54, 1.807) is 0 Å². The van der Waals surface area contributed by atoms with E-state index in [1.807, 2.05) is 0 Å². The van der Waals surface area contributed by atoms with Crippen molar-refractivity contribution in [2.24, 2.45) is 11.1 Å². The van der Waals surface area contributed by atoms with Gasteiger partial charge in [-0.3, -0.25) is 0 Å². The highest BCUT2D eigenvalue weighted by atomic mass is 35.5. The van der Waals surface area contributed by atoms with Crippen LogP contribution in [0.2, 0.25) is 0 Å². The van der Waals surface area contributed by atoms with Crippen LogP contribution in [0.25, 0.3) is 0 Å². The SMILES string of the molecule is Cl.Cl.NCCN1CCCC2(CC1)CC2. The highest BCUT2D eigenvalue weighted by Gasteiger charge is 2.42. The number of likely N-dealkylation sites (tertiary alicyclic amines) is 1. The summed E-state index contributed by atoms with van der Waals surface area (Å²) < 4.78 is 0. The molecular formula is C10H22Cl2N2. The molecule has 1 saturated carbocycles. The van der Waals surface area contributed by atoms with E-state index >= 15 is 0 Å². The first-order valence-electron chi connectivity index (χ1n) is 5.27. The van der Waals surface area contributed by atoms with Crippen molar-refractivity contribution in [1.82, 2.24) is 4.90 Å². The van der Waals surface area contributed by atoms with Crippen molar-refractivity contribution in [3.05, 3.63) is 0 Å². The molecule has 2 aliphatic rings. The molecule has 14 heavy (non-hydrogen) atoms. The van der Waals surface area contributed by atoms with Crippen LogP contribution in [-0.4, -0.2) is 31.1 Å². The fourth-order valence-corrected chi connectivity index (χ4v) is 2.39. The molecule has 0 amide bonds. The Morgan fingerprint density at radius 1 is 1.00 bits per heavy atom. The summed E-state index contributed by atoms with van der Waals surface area (Å²) >= 11 is 0. The smallest absolute Gasteiger partial charge is 0.0105 e. The van der Waals surface area contributed by atoms with Crippen LogP contribution in [0.3, 0.4) is 0 Å². The van der Waals surface area contributed by atoms with Crippen LogP contribution in [0.4, 0.5) is 0 Å². The van der Waals surface area contributed by atoms with Crippen LogP contribution in [0.5, 0.6) is 0 Å². The van der Waals surface area contributed by atoms with E-state index in [9.17, 15) is 0 Å². The molecule has 0 atom stereocenters. The Kier molecular flexibility index (Phi) is 6.38. The van der Waals surface area contributed by atoms with Gasteiger partial charge in [-0.05, 0) is 50.6 Å². The van der Waals surface area contributed by atoms with Crippen molar-refractivity contribution < 1.29 is 0 Å². The maximum Gasteiger partial charge on any atom is 0.0105 e. The Labute approximate surface area is 99.4 Å². The standard InChI is InChI=1S/C10H20N2.2ClH/c11-6-9-12-7-1-2-10(3-4-10)5-8-12;;/h1-9,11H2;2*1H. The minimum Gasteiger partial charge on any atom is -0.329 e. The molecule has 0 bridgehead atoms. The first kappa shape index (κ1) is 14.5. The van der Waals surface area contributed by atoms with Crippen molar-refractivity contribution in [2.75, 3.05) is 26.2 Å². The van der Waals surface area contributed by atoms with Crippen LogP contribution < -0.4 is 5.73 Å². The van der Waals surface area contributed by atoms with Crippen LogP contribution in [0.1, 0.15) is 32.1 Å². The molecule has 2 N–H and O–H groups in total. The Hall–Kier alpha value is 0.500. The summed E-state index contributed by atoms with van der Waals surface area (Å²) in [6, 6.07) is 0. The van der Waals surface area contributed by atoms with Crippen molar-refractivity contribution >= 4 is 24.8 Å². The second-order valence-electron chi connectivity index (χ2n) is 4.48. The Morgan fingerprint density at radius 2 is 1.71 bits per heavy atom. The van der Waals surface area contributed by atoms with Gasteiger partial charge in [0.1, 0.15) is 0 Å². The van der Waals surface area contributed by atoms with Gasteiger partial charge in [0, 0.05) is 13.1 Å². The fourth-order valence-electron chi connectivity index (χ4n) is 2.39. The van der Waals surface area contributed by atoms with E-state index in [-0.39, 0.29) is 24.8 Å². The topological polar surface area (TPSA) is 29.3 Å². The van der Waals surface area contributed by atoms with Gasteiger partial charge in [0.05, 0.1) is 0 Å². The monoisotopic (exact) mass is 240 g/mol. The Bertz CT molecular complexity index is 160. The van der Waals surface area contributed by atoms with E-state index in [2.05, 4.69) is 4.90 Å². The molecular weight excluding hydrogens is 219 g/mol. The second kappa shape index (κ2) is 6.16. The number of nitrogens with zero attached hydrogens (tertiary/aromatic N) is 1.